The first-order chi connectivity index (χ1) is 10.1. The van der Waals surface area contributed by atoms with E-state index in [-0.39, 0.29) is 6.42 Å². The number of unbranched alkanes of at least 4 members (excludes halogenated alkanes) is 6. The van der Waals surface area contributed by atoms with E-state index in [1.54, 1.807) is 0 Å². The average molecular weight is 294 g/mol. The molecular weight excluding hydrogens is 264 g/mol. The van der Waals surface area contributed by atoms with Crippen molar-refractivity contribution in [3.05, 3.63) is 11.1 Å². The van der Waals surface area contributed by atoms with Crippen LogP contribution in [0.4, 0.5) is 0 Å². The molecule has 0 aromatic heterocycles. The highest BCUT2D eigenvalue weighted by Gasteiger charge is 2.21. The Morgan fingerprint density at radius 3 is 2.33 bits per heavy atom. The van der Waals surface area contributed by atoms with Crippen molar-refractivity contribution < 1.29 is 14.7 Å². The van der Waals surface area contributed by atoms with Crippen molar-refractivity contribution in [1.29, 1.82) is 0 Å². The van der Waals surface area contributed by atoms with Crippen LogP contribution in [0.15, 0.2) is 11.1 Å². The first kappa shape index (κ1) is 17.9. The Kier molecular flexibility index (Phi) is 9.04. The van der Waals surface area contributed by atoms with Gasteiger partial charge in [0.15, 0.2) is 5.78 Å². The topological polar surface area (TPSA) is 54.4 Å². The van der Waals surface area contributed by atoms with Gasteiger partial charge in [-0.05, 0) is 44.1 Å². The van der Waals surface area contributed by atoms with Crippen molar-refractivity contribution in [3.63, 3.8) is 0 Å². The summed E-state index contributed by atoms with van der Waals surface area (Å²) in [5.74, 6) is -0.343. The van der Waals surface area contributed by atoms with E-state index in [0.717, 1.165) is 56.9 Å². The normalized spacial score (nSPS) is 15.0. The first-order valence-electron chi connectivity index (χ1n) is 8.61. The number of hydrogen-bond donors (Lipinski definition) is 1. The summed E-state index contributed by atoms with van der Waals surface area (Å²) in [5, 5.41) is 8.58. The third-order valence-corrected chi connectivity index (χ3v) is 4.32. The Morgan fingerprint density at radius 2 is 1.62 bits per heavy atom. The number of rotatable bonds is 12. The summed E-state index contributed by atoms with van der Waals surface area (Å²) in [5.41, 5.74) is 2.53. The lowest BCUT2D eigenvalue weighted by Crippen LogP contribution is -1.98. The van der Waals surface area contributed by atoms with Gasteiger partial charge in [0.25, 0.3) is 0 Å². The standard InChI is InChI=1S/C18H30O3/c1-2-3-4-7-10-15-13-14-17(19)16(15)11-8-5-6-9-12-18(20)21/h2-14H2,1H3,(H,20,21). The predicted molar refractivity (Wildman–Crippen MR) is 85.4 cm³/mol. The Bertz CT molecular complexity index is 369. The van der Waals surface area contributed by atoms with Gasteiger partial charge in [-0.3, -0.25) is 9.59 Å². The summed E-state index contributed by atoms with van der Waals surface area (Å²) in [6.07, 6.45) is 12.8. The highest BCUT2D eigenvalue weighted by molar-refractivity contribution is 5.98. The maximum Gasteiger partial charge on any atom is 0.303 e. The fourth-order valence-electron chi connectivity index (χ4n) is 3.05. The third kappa shape index (κ3) is 7.45. The molecule has 120 valence electrons. The summed E-state index contributed by atoms with van der Waals surface area (Å²) in [6.45, 7) is 2.22. The fraction of sp³-hybridized carbons (Fsp3) is 0.778. The highest BCUT2D eigenvalue weighted by Crippen LogP contribution is 2.30. The van der Waals surface area contributed by atoms with Gasteiger partial charge in [0, 0.05) is 12.8 Å². The zero-order valence-electron chi connectivity index (χ0n) is 13.5. The van der Waals surface area contributed by atoms with E-state index in [1.165, 1.54) is 31.3 Å². The van der Waals surface area contributed by atoms with Crippen LogP contribution in [0.3, 0.4) is 0 Å². The lowest BCUT2D eigenvalue weighted by atomic mass is 9.98. The van der Waals surface area contributed by atoms with Gasteiger partial charge in [0.1, 0.15) is 0 Å². The number of carboxylic acids is 1. The molecule has 0 radical (unpaired) electrons. The molecule has 0 amide bonds. The van der Waals surface area contributed by atoms with Gasteiger partial charge in [0.05, 0.1) is 0 Å². The Balaban J connectivity index is 2.24. The molecule has 3 heteroatoms. The Labute approximate surface area is 128 Å². The minimum Gasteiger partial charge on any atom is -0.481 e. The molecule has 1 N–H and O–H groups in total. The van der Waals surface area contributed by atoms with E-state index >= 15 is 0 Å². The molecule has 1 aliphatic carbocycles. The van der Waals surface area contributed by atoms with Crippen molar-refractivity contribution in [2.45, 2.75) is 90.4 Å². The number of aliphatic carboxylic acids is 1. The van der Waals surface area contributed by atoms with Crippen LogP contribution in [-0.2, 0) is 9.59 Å². The molecule has 0 saturated heterocycles. The summed E-state index contributed by atoms with van der Waals surface area (Å²) < 4.78 is 0. The maximum absolute atomic E-state index is 11.9. The Hall–Kier alpha value is -1.12. The van der Waals surface area contributed by atoms with E-state index in [1.807, 2.05) is 0 Å². The molecule has 21 heavy (non-hydrogen) atoms. The van der Waals surface area contributed by atoms with Crippen LogP contribution in [0.1, 0.15) is 90.4 Å². The van der Waals surface area contributed by atoms with Gasteiger partial charge in [-0.15, -0.1) is 0 Å². The number of Topliss-reactive ketones (excluding diaryl/α,β-unsaturated/α-hetero) is 1. The lowest BCUT2D eigenvalue weighted by Gasteiger charge is -2.07. The van der Waals surface area contributed by atoms with Gasteiger partial charge in [-0.2, -0.15) is 0 Å². The zero-order valence-corrected chi connectivity index (χ0v) is 13.5. The van der Waals surface area contributed by atoms with Gasteiger partial charge < -0.3 is 5.11 Å². The minimum absolute atomic E-state index is 0.268. The molecule has 0 heterocycles. The van der Waals surface area contributed by atoms with Gasteiger partial charge in [-0.25, -0.2) is 0 Å². The van der Waals surface area contributed by atoms with Crippen LogP contribution in [-0.4, -0.2) is 16.9 Å². The van der Waals surface area contributed by atoms with Gasteiger partial charge >= 0.3 is 5.97 Å². The van der Waals surface area contributed by atoms with Crippen LogP contribution in [0.5, 0.6) is 0 Å². The second kappa shape index (κ2) is 10.6. The second-order valence-electron chi connectivity index (χ2n) is 6.12. The number of carboxylic acid groups (broad SMARTS) is 1. The second-order valence-corrected chi connectivity index (χ2v) is 6.12. The molecule has 0 atom stereocenters. The van der Waals surface area contributed by atoms with E-state index < -0.39 is 5.97 Å². The van der Waals surface area contributed by atoms with Gasteiger partial charge in [-0.1, -0.05) is 44.6 Å². The maximum atomic E-state index is 11.9. The SMILES string of the molecule is CCCCCCC1=C(CCCCCCC(=O)O)C(=O)CC1. The minimum atomic E-state index is -0.710. The summed E-state index contributed by atoms with van der Waals surface area (Å²) in [6, 6.07) is 0. The molecule has 1 aliphatic rings. The van der Waals surface area contributed by atoms with Crippen LogP contribution < -0.4 is 0 Å². The van der Waals surface area contributed by atoms with Crippen molar-refractivity contribution in [1.82, 2.24) is 0 Å². The molecular formula is C18H30O3. The molecule has 1 rings (SSSR count). The highest BCUT2D eigenvalue weighted by atomic mass is 16.4. The molecule has 0 spiro atoms. The van der Waals surface area contributed by atoms with Crippen LogP contribution >= 0.6 is 0 Å². The Morgan fingerprint density at radius 1 is 0.952 bits per heavy atom. The molecule has 0 aromatic carbocycles. The molecule has 0 saturated carbocycles. The van der Waals surface area contributed by atoms with Crippen LogP contribution in [0.2, 0.25) is 0 Å². The van der Waals surface area contributed by atoms with E-state index in [9.17, 15) is 9.59 Å². The van der Waals surface area contributed by atoms with E-state index in [4.69, 9.17) is 5.11 Å². The molecule has 0 bridgehead atoms. The van der Waals surface area contributed by atoms with Crippen molar-refractivity contribution >= 4 is 11.8 Å². The van der Waals surface area contributed by atoms with Crippen molar-refractivity contribution in [2.24, 2.45) is 0 Å². The summed E-state index contributed by atoms with van der Waals surface area (Å²) in [4.78, 5) is 22.4. The number of allylic oxidation sites excluding steroid dienone is 2. The number of carbonyl (C=O) groups is 2. The lowest BCUT2D eigenvalue weighted by molar-refractivity contribution is -0.137. The average Bonchev–Trinajstić information content (AvgIpc) is 2.79. The molecule has 3 nitrogen and oxygen atoms in total. The van der Waals surface area contributed by atoms with Crippen molar-refractivity contribution in [2.75, 3.05) is 0 Å². The van der Waals surface area contributed by atoms with E-state index in [0.29, 0.717) is 5.78 Å². The van der Waals surface area contributed by atoms with Crippen molar-refractivity contribution in [3.8, 4) is 0 Å². The smallest absolute Gasteiger partial charge is 0.303 e. The fourth-order valence-corrected chi connectivity index (χ4v) is 3.05. The molecule has 0 unspecified atom stereocenters. The van der Waals surface area contributed by atoms with E-state index in [2.05, 4.69) is 6.92 Å². The quantitative estimate of drug-likeness (QED) is 0.513. The number of ketones is 1. The summed E-state index contributed by atoms with van der Waals surface area (Å²) >= 11 is 0. The number of hydrogen-bond acceptors (Lipinski definition) is 2. The number of carbonyl (C=O) groups excluding carboxylic acids is 1. The zero-order chi connectivity index (χ0) is 15.5. The predicted octanol–water partition coefficient (Wildman–Crippen LogP) is 5.04. The van der Waals surface area contributed by atoms with Gasteiger partial charge in [0.2, 0.25) is 0 Å². The largest absolute Gasteiger partial charge is 0.481 e. The molecule has 0 aromatic rings. The molecule has 0 fully saturated rings. The third-order valence-electron chi connectivity index (χ3n) is 4.32. The first-order valence-corrected chi connectivity index (χ1v) is 8.61. The van der Waals surface area contributed by atoms with Crippen LogP contribution in [0, 0.1) is 0 Å². The summed E-state index contributed by atoms with van der Waals surface area (Å²) in [7, 11) is 0. The van der Waals surface area contributed by atoms with Crippen LogP contribution in [0.25, 0.3) is 0 Å². The molecule has 0 aliphatic heterocycles. The monoisotopic (exact) mass is 294 g/mol.